The smallest absolute Gasteiger partial charge is 0.254 e. The lowest BCUT2D eigenvalue weighted by Crippen LogP contribution is -2.38. The summed E-state index contributed by atoms with van der Waals surface area (Å²) in [6, 6.07) is 12.8. The van der Waals surface area contributed by atoms with Crippen LogP contribution in [0, 0.1) is 23.7 Å². The second-order valence-corrected chi connectivity index (χ2v) is 8.77. The molecule has 0 aromatic heterocycles. The van der Waals surface area contributed by atoms with Gasteiger partial charge in [0, 0.05) is 10.6 Å². The number of nitrogens with zero attached hydrogens (tertiary/aromatic N) is 2. The first-order valence-corrected chi connectivity index (χ1v) is 11.1. The zero-order valence-corrected chi connectivity index (χ0v) is 18.4. The molecule has 2 aromatic carbocycles. The Labute approximate surface area is 191 Å². The van der Waals surface area contributed by atoms with Crippen LogP contribution in [0.3, 0.4) is 0 Å². The molecule has 0 N–H and O–H groups in total. The summed E-state index contributed by atoms with van der Waals surface area (Å²) in [7, 11) is 1.56. The molecule has 1 heterocycles. The summed E-state index contributed by atoms with van der Waals surface area (Å²) in [6.07, 6.45) is 7.64. The predicted octanol–water partition coefficient (Wildman–Crippen LogP) is 4.46. The van der Waals surface area contributed by atoms with Crippen molar-refractivity contribution in [3.63, 3.8) is 0 Å². The van der Waals surface area contributed by atoms with E-state index in [9.17, 15) is 9.59 Å². The number of allylic oxidation sites excluding steroid dienone is 2. The lowest BCUT2D eigenvalue weighted by Gasteiger charge is -2.37. The lowest BCUT2D eigenvalue weighted by atomic mass is 9.63. The quantitative estimate of drug-likeness (QED) is 0.370. The van der Waals surface area contributed by atoms with Gasteiger partial charge in [-0.1, -0.05) is 42.0 Å². The van der Waals surface area contributed by atoms with Crippen LogP contribution in [0.4, 0.5) is 0 Å². The molecule has 2 bridgehead atoms. The maximum atomic E-state index is 12.9. The van der Waals surface area contributed by atoms with Gasteiger partial charge in [-0.15, -0.1) is 0 Å². The molecule has 6 rings (SSSR count). The molecule has 164 valence electrons. The van der Waals surface area contributed by atoms with Crippen LogP contribution >= 0.6 is 11.6 Å². The fourth-order valence-electron chi connectivity index (χ4n) is 4.95. The average Bonchev–Trinajstić information content (AvgIpc) is 3.10. The largest absolute Gasteiger partial charge is 0.493 e. The summed E-state index contributed by atoms with van der Waals surface area (Å²) in [4.78, 5) is 25.8. The summed E-state index contributed by atoms with van der Waals surface area (Å²) in [5.41, 5.74) is 1.57. The highest BCUT2D eigenvalue weighted by molar-refractivity contribution is 6.31. The van der Waals surface area contributed by atoms with Crippen LogP contribution in [0.1, 0.15) is 24.0 Å². The fraction of sp³-hybridized carbons (Fsp3) is 0.320. The average molecular weight is 451 g/mol. The third-order valence-electron chi connectivity index (χ3n) is 6.59. The van der Waals surface area contributed by atoms with Crippen molar-refractivity contribution < 1.29 is 19.1 Å². The van der Waals surface area contributed by atoms with Crippen molar-refractivity contribution in [1.82, 2.24) is 5.01 Å². The molecule has 7 heteroatoms. The highest BCUT2D eigenvalue weighted by atomic mass is 35.5. The van der Waals surface area contributed by atoms with Gasteiger partial charge in [-0.25, -0.2) is 0 Å². The molecule has 2 aromatic rings. The second-order valence-electron chi connectivity index (χ2n) is 8.36. The van der Waals surface area contributed by atoms with Gasteiger partial charge in [-0.05, 0) is 54.5 Å². The van der Waals surface area contributed by atoms with E-state index < -0.39 is 0 Å². The molecule has 1 saturated heterocycles. The van der Waals surface area contributed by atoms with Crippen LogP contribution in [0.15, 0.2) is 59.7 Å². The SMILES string of the molecule is COc1cc(/C=N\N2C(=O)[C@@H]3[C@H](C2=O)[C@H]2C=C[C@H]3CC2)ccc1OCc1ccccc1Cl. The van der Waals surface area contributed by atoms with Gasteiger partial charge in [0.15, 0.2) is 11.5 Å². The molecule has 2 amide bonds. The minimum absolute atomic E-state index is 0.149. The molecule has 1 aliphatic heterocycles. The molecular weight excluding hydrogens is 428 g/mol. The minimum Gasteiger partial charge on any atom is -0.493 e. The number of benzene rings is 2. The van der Waals surface area contributed by atoms with E-state index in [0.29, 0.717) is 28.7 Å². The van der Waals surface area contributed by atoms with Gasteiger partial charge in [0.25, 0.3) is 11.8 Å². The number of hydrazone groups is 1. The Balaban J connectivity index is 1.31. The molecule has 0 radical (unpaired) electrons. The van der Waals surface area contributed by atoms with Gasteiger partial charge in [-0.2, -0.15) is 10.1 Å². The number of halogens is 1. The van der Waals surface area contributed by atoms with Crippen LogP contribution in [0.2, 0.25) is 5.02 Å². The Bertz CT molecular complexity index is 1100. The van der Waals surface area contributed by atoms with Gasteiger partial charge >= 0.3 is 0 Å². The number of rotatable bonds is 6. The third-order valence-corrected chi connectivity index (χ3v) is 6.96. The fourth-order valence-corrected chi connectivity index (χ4v) is 5.14. The summed E-state index contributed by atoms with van der Waals surface area (Å²) in [6.45, 7) is 0.305. The second kappa shape index (κ2) is 8.43. The van der Waals surface area contributed by atoms with Gasteiger partial charge in [-0.3, -0.25) is 9.59 Å². The Morgan fingerprint density at radius 3 is 2.34 bits per heavy atom. The summed E-state index contributed by atoms with van der Waals surface area (Å²) < 4.78 is 11.3. The highest BCUT2D eigenvalue weighted by Crippen LogP contribution is 2.49. The van der Waals surface area contributed by atoms with E-state index in [0.717, 1.165) is 23.4 Å². The molecule has 4 aliphatic rings. The van der Waals surface area contributed by atoms with Crippen molar-refractivity contribution in [2.24, 2.45) is 28.8 Å². The van der Waals surface area contributed by atoms with Gasteiger partial charge in [0.05, 0.1) is 25.2 Å². The Kier molecular flexibility index (Phi) is 5.47. The monoisotopic (exact) mass is 450 g/mol. The van der Waals surface area contributed by atoms with E-state index in [1.165, 1.54) is 6.21 Å². The number of imide groups is 1. The van der Waals surface area contributed by atoms with E-state index in [2.05, 4.69) is 17.3 Å². The summed E-state index contributed by atoms with van der Waals surface area (Å²) in [5, 5.41) is 5.95. The standard InChI is InChI=1S/C25H23ClN2O4/c1-31-21-12-15(6-11-20(21)32-14-18-4-2-3-5-19(18)26)13-27-28-24(29)22-16-7-8-17(10-9-16)23(22)25(28)30/h2-8,11-13,16-17,22-23H,9-10,14H2,1H3/b27-13-/t16-,17-,22-,23+/m0/s1. The van der Waals surface area contributed by atoms with Gasteiger partial charge in [0.1, 0.15) is 6.61 Å². The summed E-state index contributed by atoms with van der Waals surface area (Å²) in [5.74, 6) is 0.469. The van der Waals surface area contributed by atoms with E-state index in [1.54, 1.807) is 25.3 Å². The molecule has 0 unspecified atom stereocenters. The van der Waals surface area contributed by atoms with Crippen molar-refractivity contribution in [3.05, 3.63) is 70.8 Å². The van der Waals surface area contributed by atoms with E-state index in [-0.39, 0.29) is 35.5 Å². The van der Waals surface area contributed by atoms with Crippen LogP contribution in [0.5, 0.6) is 11.5 Å². The molecule has 0 spiro atoms. The Morgan fingerprint density at radius 1 is 1.03 bits per heavy atom. The number of fused-ring (bicyclic) bond motifs is 1. The van der Waals surface area contributed by atoms with Crippen LogP contribution in [-0.2, 0) is 16.2 Å². The number of amides is 2. The van der Waals surface area contributed by atoms with E-state index in [4.69, 9.17) is 21.1 Å². The molecule has 6 nitrogen and oxygen atoms in total. The number of carbonyl (C=O) groups is 2. The first-order chi connectivity index (χ1) is 15.6. The van der Waals surface area contributed by atoms with Crippen molar-refractivity contribution in [2.75, 3.05) is 7.11 Å². The lowest BCUT2D eigenvalue weighted by molar-refractivity contribution is -0.140. The molecular formula is C25H23ClN2O4. The number of hydrogen-bond acceptors (Lipinski definition) is 5. The number of methoxy groups -OCH3 is 1. The first-order valence-electron chi connectivity index (χ1n) is 10.7. The molecule has 3 aliphatic carbocycles. The third kappa shape index (κ3) is 3.58. The maximum Gasteiger partial charge on any atom is 0.254 e. The van der Waals surface area contributed by atoms with Crippen LogP contribution in [0.25, 0.3) is 0 Å². The van der Waals surface area contributed by atoms with Crippen LogP contribution < -0.4 is 9.47 Å². The van der Waals surface area contributed by atoms with Crippen molar-refractivity contribution >= 4 is 29.6 Å². The van der Waals surface area contributed by atoms with Crippen molar-refractivity contribution in [1.29, 1.82) is 0 Å². The highest BCUT2D eigenvalue weighted by Gasteiger charge is 2.56. The van der Waals surface area contributed by atoms with Crippen molar-refractivity contribution in [2.45, 2.75) is 19.4 Å². The Morgan fingerprint density at radius 2 is 1.72 bits per heavy atom. The number of hydrogen-bond donors (Lipinski definition) is 0. The maximum absolute atomic E-state index is 12.9. The first kappa shape index (κ1) is 20.8. The zero-order valence-electron chi connectivity index (χ0n) is 17.6. The summed E-state index contributed by atoms with van der Waals surface area (Å²) >= 11 is 6.19. The minimum atomic E-state index is -0.265. The predicted molar refractivity (Wildman–Crippen MR) is 121 cm³/mol. The van der Waals surface area contributed by atoms with Gasteiger partial charge < -0.3 is 9.47 Å². The molecule has 1 saturated carbocycles. The molecule has 32 heavy (non-hydrogen) atoms. The van der Waals surface area contributed by atoms with E-state index >= 15 is 0 Å². The van der Waals surface area contributed by atoms with Gasteiger partial charge in [0.2, 0.25) is 0 Å². The number of carbonyl (C=O) groups excluding carboxylic acids is 2. The van der Waals surface area contributed by atoms with Crippen molar-refractivity contribution in [3.8, 4) is 11.5 Å². The van der Waals surface area contributed by atoms with Crippen LogP contribution in [-0.4, -0.2) is 30.1 Å². The zero-order chi connectivity index (χ0) is 22.2. The molecule has 2 fully saturated rings. The topological polar surface area (TPSA) is 68.2 Å². The Hall–Kier alpha value is -3.12. The van der Waals surface area contributed by atoms with E-state index in [1.807, 2.05) is 24.3 Å². The number of ether oxygens (including phenoxy) is 2. The normalized spacial score (nSPS) is 26.1. The molecule has 4 atom stereocenters.